The van der Waals surface area contributed by atoms with E-state index in [1.807, 2.05) is 19.9 Å². The van der Waals surface area contributed by atoms with Gasteiger partial charge in [0.2, 0.25) is 5.91 Å². The minimum Gasteiger partial charge on any atom is -0.361 e. The molecule has 1 aliphatic rings. The number of carbonyl (C=O) groups is 1. The zero-order valence-electron chi connectivity index (χ0n) is 12.2. The molecular weight excluding hydrogens is 268 g/mol. The zero-order chi connectivity index (χ0) is 14.8. The Morgan fingerprint density at radius 3 is 2.86 bits per heavy atom. The number of nitrogens with one attached hydrogen (secondary N) is 1. The summed E-state index contributed by atoms with van der Waals surface area (Å²) >= 11 is 0. The number of hydrogen-bond donors (Lipinski definition) is 1. The quantitative estimate of drug-likeness (QED) is 0.906. The van der Waals surface area contributed by atoms with Crippen LogP contribution in [-0.4, -0.2) is 21.0 Å². The lowest BCUT2D eigenvalue weighted by molar-refractivity contribution is -0.120. The second-order valence-corrected chi connectivity index (χ2v) is 5.46. The van der Waals surface area contributed by atoms with Crippen molar-refractivity contribution in [3.63, 3.8) is 0 Å². The van der Waals surface area contributed by atoms with Gasteiger partial charge in [-0.25, -0.2) is 9.97 Å². The fraction of sp³-hybridized carbons (Fsp3) is 0.467. The van der Waals surface area contributed by atoms with Crippen molar-refractivity contribution < 1.29 is 9.32 Å². The lowest BCUT2D eigenvalue weighted by atomic mass is 10.1. The van der Waals surface area contributed by atoms with Crippen LogP contribution in [-0.2, 0) is 17.8 Å². The zero-order valence-corrected chi connectivity index (χ0v) is 12.2. The molecule has 2 heterocycles. The van der Waals surface area contributed by atoms with Crippen molar-refractivity contribution in [2.75, 3.05) is 0 Å². The van der Waals surface area contributed by atoms with Crippen molar-refractivity contribution in [1.82, 2.24) is 20.4 Å². The molecule has 0 bridgehead atoms. The maximum atomic E-state index is 12.0. The molecule has 110 valence electrons. The number of rotatable bonds is 5. The molecular formula is C15H18N4O2. The monoisotopic (exact) mass is 286 g/mol. The van der Waals surface area contributed by atoms with E-state index >= 15 is 0 Å². The topological polar surface area (TPSA) is 80.9 Å². The molecule has 0 saturated heterocycles. The highest BCUT2D eigenvalue weighted by molar-refractivity contribution is 5.78. The number of hydrogen-bond acceptors (Lipinski definition) is 5. The minimum atomic E-state index is -0.0593. The molecule has 1 amide bonds. The van der Waals surface area contributed by atoms with Crippen LogP contribution in [0.2, 0.25) is 0 Å². The normalized spacial score (nSPS) is 14.2. The maximum Gasteiger partial charge on any atom is 0.224 e. The fourth-order valence-corrected chi connectivity index (χ4v) is 2.28. The van der Waals surface area contributed by atoms with E-state index in [1.54, 1.807) is 6.33 Å². The third kappa shape index (κ3) is 3.26. The molecule has 1 saturated carbocycles. The third-order valence-corrected chi connectivity index (χ3v) is 3.73. The molecule has 0 radical (unpaired) electrons. The van der Waals surface area contributed by atoms with Crippen molar-refractivity contribution in [3.8, 4) is 0 Å². The van der Waals surface area contributed by atoms with Crippen molar-refractivity contribution in [1.29, 1.82) is 0 Å². The molecule has 1 fully saturated rings. The van der Waals surface area contributed by atoms with Gasteiger partial charge in [-0.2, -0.15) is 0 Å². The Hall–Kier alpha value is -2.24. The van der Waals surface area contributed by atoms with Gasteiger partial charge in [0.1, 0.15) is 12.1 Å². The van der Waals surface area contributed by atoms with Crippen molar-refractivity contribution in [3.05, 3.63) is 40.8 Å². The number of aryl methyl sites for hydroxylation is 2. The molecule has 0 spiro atoms. The van der Waals surface area contributed by atoms with Crippen LogP contribution in [0.4, 0.5) is 0 Å². The average molecular weight is 286 g/mol. The summed E-state index contributed by atoms with van der Waals surface area (Å²) in [5.74, 6) is 1.22. The largest absolute Gasteiger partial charge is 0.361 e. The molecule has 2 aromatic rings. The van der Waals surface area contributed by atoms with Gasteiger partial charge in [-0.3, -0.25) is 4.79 Å². The van der Waals surface area contributed by atoms with Gasteiger partial charge < -0.3 is 9.84 Å². The molecule has 21 heavy (non-hydrogen) atoms. The highest BCUT2D eigenvalue weighted by atomic mass is 16.5. The van der Waals surface area contributed by atoms with E-state index in [0.29, 0.717) is 18.2 Å². The highest BCUT2D eigenvalue weighted by Crippen LogP contribution is 2.38. The summed E-state index contributed by atoms with van der Waals surface area (Å²) in [6.45, 7) is 4.07. The number of aromatic nitrogens is 3. The van der Waals surface area contributed by atoms with Crippen LogP contribution in [0.3, 0.4) is 0 Å². The summed E-state index contributed by atoms with van der Waals surface area (Å²) < 4.78 is 5.06. The molecule has 6 heteroatoms. The van der Waals surface area contributed by atoms with E-state index in [9.17, 15) is 4.79 Å². The van der Waals surface area contributed by atoms with Gasteiger partial charge in [0.25, 0.3) is 0 Å². The number of nitrogens with zero attached hydrogens (tertiary/aromatic N) is 3. The lowest BCUT2D eigenvalue weighted by Crippen LogP contribution is -2.25. The SMILES string of the molecule is Cc1noc(C)c1CC(=O)NCc1cc(C2CC2)ncn1. The van der Waals surface area contributed by atoms with Gasteiger partial charge in [0, 0.05) is 17.2 Å². The Morgan fingerprint density at radius 1 is 1.38 bits per heavy atom. The van der Waals surface area contributed by atoms with E-state index < -0.39 is 0 Å². The fourth-order valence-electron chi connectivity index (χ4n) is 2.28. The Morgan fingerprint density at radius 2 is 2.19 bits per heavy atom. The number of amides is 1. The van der Waals surface area contributed by atoms with Crippen molar-refractivity contribution in [2.24, 2.45) is 0 Å². The van der Waals surface area contributed by atoms with E-state index in [0.717, 1.165) is 22.6 Å². The molecule has 0 unspecified atom stereocenters. The van der Waals surface area contributed by atoms with Gasteiger partial charge in [0.05, 0.1) is 24.4 Å². The highest BCUT2D eigenvalue weighted by Gasteiger charge is 2.25. The van der Waals surface area contributed by atoms with Crippen LogP contribution in [0, 0.1) is 13.8 Å². The predicted octanol–water partition coefficient (Wildman–Crippen LogP) is 1.82. The summed E-state index contributed by atoms with van der Waals surface area (Å²) in [6.07, 6.45) is 4.26. The van der Waals surface area contributed by atoms with Crippen molar-refractivity contribution in [2.45, 2.75) is 45.6 Å². The van der Waals surface area contributed by atoms with Crippen LogP contribution in [0.15, 0.2) is 16.9 Å². The van der Waals surface area contributed by atoms with E-state index in [2.05, 4.69) is 20.4 Å². The van der Waals surface area contributed by atoms with Gasteiger partial charge in [-0.05, 0) is 32.8 Å². The van der Waals surface area contributed by atoms with Gasteiger partial charge >= 0.3 is 0 Å². The summed E-state index contributed by atoms with van der Waals surface area (Å²) in [5.41, 5.74) is 3.55. The summed E-state index contributed by atoms with van der Waals surface area (Å²) in [5, 5.41) is 6.73. The van der Waals surface area contributed by atoms with Crippen molar-refractivity contribution >= 4 is 5.91 Å². The minimum absolute atomic E-state index is 0.0593. The van der Waals surface area contributed by atoms with Gasteiger partial charge in [-0.1, -0.05) is 5.16 Å². The Labute approximate surface area is 123 Å². The molecule has 0 aromatic carbocycles. The first-order chi connectivity index (χ1) is 10.1. The molecule has 0 atom stereocenters. The summed E-state index contributed by atoms with van der Waals surface area (Å²) in [7, 11) is 0. The van der Waals surface area contributed by atoms with Crippen LogP contribution in [0.5, 0.6) is 0 Å². The third-order valence-electron chi connectivity index (χ3n) is 3.73. The van der Waals surface area contributed by atoms with Crippen LogP contribution < -0.4 is 5.32 Å². The maximum absolute atomic E-state index is 12.0. The van der Waals surface area contributed by atoms with Crippen LogP contribution in [0.1, 0.15) is 47.2 Å². The lowest BCUT2D eigenvalue weighted by Gasteiger charge is -2.05. The van der Waals surface area contributed by atoms with Gasteiger partial charge in [-0.15, -0.1) is 0 Å². The van der Waals surface area contributed by atoms with Crippen LogP contribution >= 0.6 is 0 Å². The van der Waals surface area contributed by atoms with Gasteiger partial charge in [0.15, 0.2) is 0 Å². The van der Waals surface area contributed by atoms with Crippen LogP contribution in [0.25, 0.3) is 0 Å². The molecule has 1 N–H and O–H groups in total. The molecule has 1 aliphatic carbocycles. The average Bonchev–Trinajstić information content (AvgIpc) is 3.28. The molecule has 6 nitrogen and oxygen atoms in total. The standard InChI is InChI=1S/C15H18N4O2/c1-9-13(10(2)21-19-9)6-15(20)16-7-12-5-14(11-3-4-11)18-8-17-12/h5,8,11H,3-4,6-7H2,1-2H3,(H,16,20). The summed E-state index contributed by atoms with van der Waals surface area (Å²) in [4.78, 5) is 20.5. The second kappa shape index (κ2) is 5.63. The second-order valence-electron chi connectivity index (χ2n) is 5.46. The first-order valence-electron chi connectivity index (χ1n) is 7.12. The smallest absolute Gasteiger partial charge is 0.224 e. The summed E-state index contributed by atoms with van der Waals surface area (Å²) in [6, 6.07) is 1.98. The first-order valence-corrected chi connectivity index (χ1v) is 7.12. The number of carbonyl (C=O) groups excluding carboxylic acids is 1. The van der Waals surface area contributed by atoms with E-state index in [1.165, 1.54) is 12.8 Å². The Bertz CT molecular complexity index is 642. The molecule has 2 aromatic heterocycles. The van der Waals surface area contributed by atoms with E-state index in [-0.39, 0.29) is 12.3 Å². The Kier molecular flexibility index (Phi) is 3.68. The molecule has 3 rings (SSSR count). The van der Waals surface area contributed by atoms with E-state index in [4.69, 9.17) is 4.52 Å². The Balaban J connectivity index is 1.57. The predicted molar refractivity (Wildman–Crippen MR) is 75.5 cm³/mol. The first kappa shape index (κ1) is 13.7. The molecule has 0 aliphatic heterocycles.